The molecular formula is C14H16ClFN2O3. The van der Waals surface area contributed by atoms with Crippen LogP contribution >= 0.6 is 11.6 Å². The number of carbonyl (C=O) groups is 2. The van der Waals surface area contributed by atoms with Gasteiger partial charge in [-0.1, -0.05) is 11.6 Å². The van der Waals surface area contributed by atoms with Crippen LogP contribution in [0, 0.1) is 5.82 Å². The first-order valence-corrected chi connectivity index (χ1v) is 7.05. The molecule has 1 fully saturated rings. The number of carbonyl (C=O) groups excluding carboxylic acids is 2. The Balaban J connectivity index is 2.31. The molecule has 1 aromatic carbocycles. The second-order valence-electron chi connectivity index (χ2n) is 5.10. The number of nitrogens with two attached hydrogens (primary N) is 1. The van der Waals surface area contributed by atoms with Gasteiger partial charge < -0.3 is 15.7 Å². The van der Waals surface area contributed by atoms with Gasteiger partial charge in [-0.25, -0.2) is 4.39 Å². The van der Waals surface area contributed by atoms with E-state index in [1.165, 1.54) is 4.90 Å². The summed E-state index contributed by atoms with van der Waals surface area (Å²) < 4.78 is 13.4. The van der Waals surface area contributed by atoms with Crippen LogP contribution in [0.1, 0.15) is 36.0 Å². The van der Waals surface area contributed by atoms with Gasteiger partial charge in [0.2, 0.25) is 5.91 Å². The largest absolute Gasteiger partial charge is 0.506 e. The fraction of sp³-hybridized carbons (Fsp3) is 0.429. The van der Waals surface area contributed by atoms with Gasteiger partial charge in [0, 0.05) is 19.0 Å². The minimum absolute atomic E-state index is 0.0511. The summed E-state index contributed by atoms with van der Waals surface area (Å²) in [6.45, 7) is 0.435. The lowest BCUT2D eigenvalue weighted by Gasteiger charge is -2.35. The maximum Gasteiger partial charge on any atom is 0.258 e. The minimum Gasteiger partial charge on any atom is -0.506 e. The highest BCUT2D eigenvalue weighted by atomic mass is 35.5. The third kappa shape index (κ3) is 3.44. The second-order valence-corrected chi connectivity index (χ2v) is 5.51. The van der Waals surface area contributed by atoms with Crippen molar-refractivity contribution < 1.29 is 19.1 Å². The molecular weight excluding hydrogens is 299 g/mol. The summed E-state index contributed by atoms with van der Waals surface area (Å²) in [5, 5.41) is 9.63. The van der Waals surface area contributed by atoms with E-state index >= 15 is 0 Å². The first kappa shape index (κ1) is 15.6. The molecule has 0 unspecified atom stereocenters. The molecule has 1 saturated heterocycles. The van der Waals surface area contributed by atoms with Crippen LogP contribution in [-0.4, -0.2) is 34.4 Å². The van der Waals surface area contributed by atoms with Crippen molar-refractivity contribution in [2.24, 2.45) is 5.73 Å². The molecule has 1 aliphatic heterocycles. The van der Waals surface area contributed by atoms with Gasteiger partial charge in [0.05, 0.1) is 10.6 Å². The van der Waals surface area contributed by atoms with Gasteiger partial charge >= 0.3 is 0 Å². The van der Waals surface area contributed by atoms with Gasteiger partial charge in [-0.05, 0) is 31.4 Å². The van der Waals surface area contributed by atoms with E-state index in [0.29, 0.717) is 13.0 Å². The zero-order valence-electron chi connectivity index (χ0n) is 11.3. The summed E-state index contributed by atoms with van der Waals surface area (Å²) in [5.74, 6) is -2.20. The summed E-state index contributed by atoms with van der Waals surface area (Å²) in [6, 6.07) is 1.55. The van der Waals surface area contributed by atoms with Gasteiger partial charge in [0.25, 0.3) is 5.91 Å². The van der Waals surface area contributed by atoms with Gasteiger partial charge in [-0.3, -0.25) is 9.59 Å². The summed E-state index contributed by atoms with van der Waals surface area (Å²) in [6.07, 6.45) is 2.37. The number of phenolic OH excluding ortho intramolecular Hbond substituents is 1. The number of likely N-dealkylation sites (tertiary alicyclic amines) is 1. The molecule has 1 heterocycles. The number of primary amides is 1. The van der Waals surface area contributed by atoms with E-state index in [9.17, 15) is 19.1 Å². The molecule has 3 N–H and O–H groups in total. The topological polar surface area (TPSA) is 83.6 Å². The average Bonchev–Trinajstić information content (AvgIpc) is 2.42. The van der Waals surface area contributed by atoms with E-state index < -0.39 is 23.4 Å². The summed E-state index contributed by atoms with van der Waals surface area (Å²) >= 11 is 5.69. The van der Waals surface area contributed by atoms with Crippen molar-refractivity contribution >= 4 is 23.4 Å². The second kappa shape index (κ2) is 6.30. The molecule has 1 aliphatic rings. The van der Waals surface area contributed by atoms with E-state index in [-0.39, 0.29) is 23.0 Å². The lowest BCUT2D eigenvalue weighted by Crippen LogP contribution is -2.45. The molecule has 114 valence electrons. The third-order valence-electron chi connectivity index (χ3n) is 3.58. The molecule has 2 amide bonds. The predicted molar refractivity (Wildman–Crippen MR) is 75.6 cm³/mol. The fourth-order valence-electron chi connectivity index (χ4n) is 2.60. The fourth-order valence-corrected chi connectivity index (χ4v) is 2.80. The normalized spacial score (nSPS) is 18.6. The van der Waals surface area contributed by atoms with E-state index in [1.54, 1.807) is 0 Å². The Morgan fingerprint density at radius 2 is 2.14 bits per heavy atom. The van der Waals surface area contributed by atoms with E-state index in [4.69, 9.17) is 17.3 Å². The van der Waals surface area contributed by atoms with Crippen LogP contribution in [0.4, 0.5) is 4.39 Å². The molecule has 1 atom stereocenters. The van der Waals surface area contributed by atoms with Crippen LogP contribution in [0.2, 0.25) is 5.02 Å². The number of piperidine rings is 1. The van der Waals surface area contributed by atoms with Crippen LogP contribution in [0.15, 0.2) is 12.1 Å². The van der Waals surface area contributed by atoms with Crippen LogP contribution in [0.5, 0.6) is 5.75 Å². The Labute approximate surface area is 126 Å². The Kier molecular flexibility index (Phi) is 4.67. The van der Waals surface area contributed by atoms with Crippen molar-refractivity contribution in [1.29, 1.82) is 0 Å². The first-order valence-electron chi connectivity index (χ1n) is 6.67. The van der Waals surface area contributed by atoms with Crippen molar-refractivity contribution in [1.82, 2.24) is 4.90 Å². The monoisotopic (exact) mass is 314 g/mol. The summed E-state index contributed by atoms with van der Waals surface area (Å²) in [4.78, 5) is 25.1. The lowest BCUT2D eigenvalue weighted by molar-refractivity contribution is -0.119. The van der Waals surface area contributed by atoms with Crippen molar-refractivity contribution in [3.05, 3.63) is 28.5 Å². The predicted octanol–water partition coefficient (Wildman–Crippen LogP) is 2.05. The number of amides is 2. The van der Waals surface area contributed by atoms with Gasteiger partial charge in [0.15, 0.2) is 0 Å². The highest BCUT2D eigenvalue weighted by molar-refractivity contribution is 6.32. The number of aromatic hydroxyl groups is 1. The molecule has 1 aromatic rings. The number of phenols is 1. The van der Waals surface area contributed by atoms with Crippen LogP contribution < -0.4 is 5.73 Å². The van der Waals surface area contributed by atoms with E-state index in [0.717, 1.165) is 25.0 Å². The van der Waals surface area contributed by atoms with Crippen molar-refractivity contribution in [2.45, 2.75) is 31.7 Å². The molecule has 0 aromatic heterocycles. The van der Waals surface area contributed by atoms with Crippen molar-refractivity contribution in [3.63, 3.8) is 0 Å². The maximum absolute atomic E-state index is 13.4. The Bertz CT molecular complexity index is 580. The number of benzene rings is 1. The Hall–Kier alpha value is -1.82. The first-order chi connectivity index (χ1) is 9.90. The molecule has 21 heavy (non-hydrogen) atoms. The SMILES string of the molecule is NC(=O)C[C@H]1CCCCN1C(=O)c1cc(F)cc(Cl)c1O. The zero-order valence-corrected chi connectivity index (χ0v) is 12.1. The molecule has 0 saturated carbocycles. The number of hydrogen-bond donors (Lipinski definition) is 2. The third-order valence-corrected chi connectivity index (χ3v) is 3.87. The number of nitrogens with zero attached hydrogens (tertiary/aromatic N) is 1. The Morgan fingerprint density at radius 3 is 2.81 bits per heavy atom. The molecule has 0 spiro atoms. The average molecular weight is 315 g/mol. The molecule has 0 aliphatic carbocycles. The number of rotatable bonds is 3. The molecule has 7 heteroatoms. The van der Waals surface area contributed by atoms with Gasteiger partial charge in [0.1, 0.15) is 11.6 Å². The Morgan fingerprint density at radius 1 is 1.43 bits per heavy atom. The quantitative estimate of drug-likeness (QED) is 0.895. The van der Waals surface area contributed by atoms with Gasteiger partial charge in [-0.2, -0.15) is 0 Å². The number of halogens is 2. The highest BCUT2D eigenvalue weighted by Gasteiger charge is 2.30. The minimum atomic E-state index is -0.704. The maximum atomic E-state index is 13.4. The summed E-state index contributed by atoms with van der Waals surface area (Å²) in [7, 11) is 0. The van der Waals surface area contributed by atoms with Crippen LogP contribution in [-0.2, 0) is 4.79 Å². The van der Waals surface area contributed by atoms with E-state index in [2.05, 4.69) is 0 Å². The van der Waals surface area contributed by atoms with Crippen molar-refractivity contribution in [2.75, 3.05) is 6.54 Å². The molecule has 5 nitrogen and oxygen atoms in total. The smallest absolute Gasteiger partial charge is 0.258 e. The van der Waals surface area contributed by atoms with Crippen LogP contribution in [0.3, 0.4) is 0 Å². The molecule has 2 rings (SSSR count). The summed E-state index contributed by atoms with van der Waals surface area (Å²) in [5.41, 5.74) is 5.00. The highest BCUT2D eigenvalue weighted by Crippen LogP contribution is 2.31. The van der Waals surface area contributed by atoms with Crippen LogP contribution in [0.25, 0.3) is 0 Å². The molecule has 0 radical (unpaired) electrons. The lowest BCUT2D eigenvalue weighted by atomic mass is 9.97. The van der Waals surface area contributed by atoms with Crippen molar-refractivity contribution in [3.8, 4) is 5.75 Å². The number of hydrogen-bond acceptors (Lipinski definition) is 3. The zero-order chi connectivity index (χ0) is 15.6. The van der Waals surface area contributed by atoms with Gasteiger partial charge in [-0.15, -0.1) is 0 Å². The standard InChI is InChI=1S/C14H16ClFN2O3/c15-11-6-8(16)5-10(13(11)20)14(21)18-4-2-1-3-9(18)7-12(17)19/h5-6,9,20H,1-4,7H2,(H2,17,19)/t9-/m1/s1. The van der Waals surface area contributed by atoms with E-state index in [1.807, 2.05) is 0 Å². The molecule has 0 bridgehead atoms.